The molecular weight excluding hydrogens is 337 g/mol. The Morgan fingerprint density at radius 2 is 1.36 bits per heavy atom. The minimum atomic E-state index is -4.43. The number of piperazine rings is 1. The summed E-state index contributed by atoms with van der Waals surface area (Å²) >= 11 is 0. The lowest BCUT2D eigenvalue weighted by Crippen LogP contribution is -2.50. The van der Waals surface area contributed by atoms with Crippen molar-refractivity contribution < 1.29 is 27.2 Å². The number of nitrogens with zero attached hydrogens (tertiary/aromatic N) is 2. The molecule has 0 N–H and O–H groups in total. The van der Waals surface area contributed by atoms with E-state index in [0.29, 0.717) is 31.7 Å². The average molecular weight is 352 g/mol. The minimum Gasteiger partial charge on any atom is -0.472 e. The molecule has 132 valence electrons. The summed E-state index contributed by atoms with van der Waals surface area (Å²) in [5.74, 6) is -0.514. The van der Waals surface area contributed by atoms with E-state index in [0.717, 1.165) is 12.1 Å². The van der Waals surface area contributed by atoms with Crippen LogP contribution >= 0.6 is 0 Å². The van der Waals surface area contributed by atoms with Gasteiger partial charge < -0.3 is 14.2 Å². The van der Waals surface area contributed by atoms with Crippen molar-refractivity contribution in [2.75, 3.05) is 26.2 Å². The zero-order valence-electron chi connectivity index (χ0n) is 13.1. The first-order chi connectivity index (χ1) is 11.9. The second-order valence-corrected chi connectivity index (χ2v) is 5.67. The van der Waals surface area contributed by atoms with Crippen molar-refractivity contribution in [3.05, 3.63) is 59.5 Å². The van der Waals surface area contributed by atoms with Gasteiger partial charge in [-0.1, -0.05) is 0 Å². The van der Waals surface area contributed by atoms with Gasteiger partial charge in [0, 0.05) is 31.7 Å². The number of hydrogen-bond acceptors (Lipinski definition) is 3. The Morgan fingerprint density at radius 1 is 0.840 bits per heavy atom. The van der Waals surface area contributed by atoms with E-state index < -0.39 is 11.7 Å². The normalized spacial score (nSPS) is 15.3. The van der Waals surface area contributed by atoms with Crippen LogP contribution in [0.1, 0.15) is 26.3 Å². The van der Waals surface area contributed by atoms with Crippen molar-refractivity contribution >= 4 is 11.8 Å². The molecule has 2 aromatic rings. The maximum Gasteiger partial charge on any atom is 0.416 e. The van der Waals surface area contributed by atoms with Gasteiger partial charge in [-0.3, -0.25) is 9.59 Å². The number of benzene rings is 1. The molecule has 1 fully saturated rings. The van der Waals surface area contributed by atoms with Crippen LogP contribution in [-0.2, 0) is 6.18 Å². The molecule has 0 unspecified atom stereocenters. The number of furan rings is 1. The molecule has 1 aromatic heterocycles. The molecular formula is C17H15F3N2O3. The molecule has 0 spiro atoms. The lowest BCUT2D eigenvalue weighted by molar-refractivity contribution is -0.137. The number of rotatable bonds is 2. The fourth-order valence-electron chi connectivity index (χ4n) is 2.67. The molecule has 1 aromatic carbocycles. The lowest BCUT2D eigenvalue weighted by Gasteiger charge is -2.34. The summed E-state index contributed by atoms with van der Waals surface area (Å²) in [6.07, 6.45) is -1.65. The van der Waals surface area contributed by atoms with E-state index in [1.807, 2.05) is 0 Å². The van der Waals surface area contributed by atoms with Crippen LogP contribution in [0.15, 0.2) is 47.3 Å². The van der Waals surface area contributed by atoms with Crippen molar-refractivity contribution in [2.24, 2.45) is 0 Å². The Balaban J connectivity index is 1.61. The third-order valence-corrected chi connectivity index (χ3v) is 4.08. The number of carbonyl (C=O) groups excluding carboxylic acids is 2. The zero-order valence-corrected chi connectivity index (χ0v) is 13.1. The maximum atomic E-state index is 12.6. The van der Waals surface area contributed by atoms with Crippen LogP contribution in [-0.4, -0.2) is 47.8 Å². The minimum absolute atomic E-state index is 0.171. The van der Waals surface area contributed by atoms with Crippen molar-refractivity contribution in [3.8, 4) is 0 Å². The van der Waals surface area contributed by atoms with E-state index in [1.165, 1.54) is 29.6 Å². The van der Waals surface area contributed by atoms with Crippen LogP contribution in [0.4, 0.5) is 13.2 Å². The molecule has 1 saturated heterocycles. The van der Waals surface area contributed by atoms with Crippen LogP contribution in [0.3, 0.4) is 0 Å². The Hall–Kier alpha value is -2.77. The smallest absolute Gasteiger partial charge is 0.416 e. The molecule has 25 heavy (non-hydrogen) atoms. The van der Waals surface area contributed by atoms with Crippen molar-refractivity contribution in [2.45, 2.75) is 6.18 Å². The third-order valence-electron chi connectivity index (χ3n) is 4.08. The quantitative estimate of drug-likeness (QED) is 0.835. The van der Waals surface area contributed by atoms with Crippen molar-refractivity contribution in [3.63, 3.8) is 0 Å². The maximum absolute atomic E-state index is 12.6. The summed E-state index contributed by atoms with van der Waals surface area (Å²) in [6, 6.07) is 5.71. The fourth-order valence-corrected chi connectivity index (χ4v) is 2.67. The number of carbonyl (C=O) groups is 2. The van der Waals surface area contributed by atoms with E-state index in [-0.39, 0.29) is 17.4 Å². The summed E-state index contributed by atoms with van der Waals surface area (Å²) in [5.41, 5.74) is -0.148. The topological polar surface area (TPSA) is 53.8 Å². The molecule has 2 heterocycles. The van der Waals surface area contributed by atoms with Crippen LogP contribution < -0.4 is 0 Å². The predicted molar refractivity (Wildman–Crippen MR) is 82.0 cm³/mol. The van der Waals surface area contributed by atoms with Crippen molar-refractivity contribution in [1.82, 2.24) is 9.80 Å². The fraction of sp³-hybridized carbons (Fsp3) is 0.294. The number of hydrogen-bond donors (Lipinski definition) is 0. The van der Waals surface area contributed by atoms with E-state index in [1.54, 1.807) is 11.0 Å². The van der Waals surface area contributed by atoms with Crippen LogP contribution in [0.2, 0.25) is 0 Å². The Labute approximate surface area is 141 Å². The van der Waals surface area contributed by atoms with Gasteiger partial charge in [-0.2, -0.15) is 13.2 Å². The van der Waals surface area contributed by atoms with Gasteiger partial charge in [0.1, 0.15) is 6.26 Å². The summed E-state index contributed by atoms with van der Waals surface area (Å²) in [4.78, 5) is 27.7. The van der Waals surface area contributed by atoms with Crippen LogP contribution in [0, 0.1) is 0 Å². The van der Waals surface area contributed by atoms with Gasteiger partial charge in [-0.25, -0.2) is 0 Å². The molecule has 0 atom stereocenters. The average Bonchev–Trinajstić information content (AvgIpc) is 3.14. The number of alkyl halides is 3. The highest BCUT2D eigenvalue weighted by Crippen LogP contribution is 2.29. The van der Waals surface area contributed by atoms with Gasteiger partial charge in [-0.05, 0) is 30.3 Å². The van der Waals surface area contributed by atoms with E-state index in [2.05, 4.69) is 0 Å². The van der Waals surface area contributed by atoms with E-state index >= 15 is 0 Å². The first-order valence-electron chi connectivity index (χ1n) is 7.64. The Bertz CT molecular complexity index is 746. The molecule has 0 bridgehead atoms. The zero-order chi connectivity index (χ0) is 18.0. The van der Waals surface area contributed by atoms with Gasteiger partial charge in [0.05, 0.1) is 17.4 Å². The number of amides is 2. The SMILES string of the molecule is O=C(c1ccc(C(F)(F)F)cc1)N1CCN(C(=O)c2ccoc2)CC1. The molecule has 1 aliphatic heterocycles. The highest BCUT2D eigenvalue weighted by atomic mass is 19.4. The second-order valence-electron chi connectivity index (χ2n) is 5.67. The van der Waals surface area contributed by atoms with Gasteiger partial charge in [0.2, 0.25) is 0 Å². The van der Waals surface area contributed by atoms with Gasteiger partial charge in [0.25, 0.3) is 11.8 Å². The molecule has 5 nitrogen and oxygen atoms in total. The van der Waals surface area contributed by atoms with Crippen LogP contribution in [0.25, 0.3) is 0 Å². The van der Waals surface area contributed by atoms with Crippen molar-refractivity contribution in [1.29, 1.82) is 0 Å². The highest BCUT2D eigenvalue weighted by Gasteiger charge is 2.31. The van der Waals surface area contributed by atoms with E-state index in [4.69, 9.17) is 4.42 Å². The van der Waals surface area contributed by atoms with Gasteiger partial charge >= 0.3 is 6.18 Å². The van der Waals surface area contributed by atoms with Crippen LogP contribution in [0.5, 0.6) is 0 Å². The second kappa shape index (κ2) is 6.62. The van der Waals surface area contributed by atoms with Gasteiger partial charge in [0.15, 0.2) is 0 Å². The standard InChI is InChI=1S/C17H15F3N2O3/c18-17(19,20)14-3-1-12(2-4-14)15(23)21-6-8-22(9-7-21)16(24)13-5-10-25-11-13/h1-5,10-11H,6-9H2. The summed E-state index contributed by atoms with van der Waals surface area (Å²) < 4.78 is 42.6. The third kappa shape index (κ3) is 3.67. The lowest BCUT2D eigenvalue weighted by atomic mass is 10.1. The largest absolute Gasteiger partial charge is 0.472 e. The Kier molecular flexibility index (Phi) is 4.52. The first-order valence-corrected chi connectivity index (χ1v) is 7.64. The molecule has 8 heteroatoms. The monoisotopic (exact) mass is 352 g/mol. The molecule has 3 rings (SSSR count). The summed E-state index contributed by atoms with van der Waals surface area (Å²) in [5, 5.41) is 0. The molecule has 0 radical (unpaired) electrons. The summed E-state index contributed by atoms with van der Waals surface area (Å²) in [7, 11) is 0. The van der Waals surface area contributed by atoms with Gasteiger partial charge in [-0.15, -0.1) is 0 Å². The highest BCUT2D eigenvalue weighted by molar-refractivity contribution is 5.95. The molecule has 1 aliphatic rings. The molecule has 0 aliphatic carbocycles. The predicted octanol–water partition coefficient (Wildman–Crippen LogP) is 2.90. The first kappa shape index (κ1) is 17.1. The Morgan fingerprint density at radius 3 is 1.80 bits per heavy atom. The van der Waals surface area contributed by atoms with E-state index in [9.17, 15) is 22.8 Å². The summed E-state index contributed by atoms with van der Waals surface area (Å²) in [6.45, 7) is 1.36. The molecule has 2 amide bonds. The molecule has 0 saturated carbocycles. The number of halogens is 3.